The van der Waals surface area contributed by atoms with Crippen LogP contribution in [0.4, 0.5) is 5.69 Å². The summed E-state index contributed by atoms with van der Waals surface area (Å²) in [5.41, 5.74) is 1.16. The lowest BCUT2D eigenvalue weighted by molar-refractivity contribution is 1.17. The van der Waals surface area contributed by atoms with Crippen molar-refractivity contribution in [2.24, 2.45) is 0 Å². The van der Waals surface area contributed by atoms with E-state index in [-0.39, 0.29) is 0 Å². The van der Waals surface area contributed by atoms with E-state index >= 15 is 0 Å². The lowest BCUT2D eigenvalue weighted by Gasteiger charge is -2.09. The topological polar surface area (TPSA) is 35.8 Å². The van der Waals surface area contributed by atoms with Crippen molar-refractivity contribution in [1.82, 2.24) is 0 Å². The normalized spacial score (nSPS) is 10.0. The Labute approximate surface area is 116 Å². The van der Waals surface area contributed by atoms with Gasteiger partial charge in [-0.25, -0.2) is 0 Å². The maximum atomic E-state index is 8.79. The number of nitrogens with one attached hydrogen (secondary N) is 1. The fourth-order valence-electron chi connectivity index (χ4n) is 1.61. The van der Waals surface area contributed by atoms with Crippen LogP contribution in [0.15, 0.2) is 41.3 Å². The number of hydrogen-bond donors (Lipinski definition) is 1. The van der Waals surface area contributed by atoms with Gasteiger partial charge in [0.2, 0.25) is 0 Å². The highest BCUT2D eigenvalue weighted by Gasteiger charge is 2.03. The number of nitriles is 1. The number of benzene rings is 1. The minimum absolute atomic E-state index is 0.767. The number of nitrogens with zero attached hydrogens (tertiary/aromatic N) is 1. The van der Waals surface area contributed by atoms with E-state index in [1.165, 1.54) is 9.77 Å². The summed E-state index contributed by atoms with van der Waals surface area (Å²) < 4.78 is 0. The Kier molecular flexibility index (Phi) is 4.68. The summed E-state index contributed by atoms with van der Waals surface area (Å²) in [6, 6.07) is 14.4. The van der Waals surface area contributed by atoms with E-state index in [2.05, 4.69) is 36.5 Å². The van der Waals surface area contributed by atoms with Crippen LogP contribution in [0.1, 0.15) is 16.7 Å². The molecule has 1 aromatic carbocycles. The van der Waals surface area contributed by atoms with Crippen LogP contribution in [0.2, 0.25) is 0 Å². The lowest BCUT2D eigenvalue weighted by Crippen LogP contribution is -1.98. The van der Waals surface area contributed by atoms with Gasteiger partial charge in [0, 0.05) is 22.0 Å². The number of hydrogen-bond acceptors (Lipinski definition) is 4. The van der Waals surface area contributed by atoms with Crippen molar-refractivity contribution < 1.29 is 0 Å². The molecule has 1 N–H and O–H groups in total. The second-order valence-electron chi connectivity index (χ2n) is 3.66. The first kappa shape index (κ1) is 13.0. The summed E-state index contributed by atoms with van der Waals surface area (Å²) in [5, 5.41) is 12.2. The molecule has 1 aromatic heterocycles. The maximum absolute atomic E-state index is 8.79. The van der Waals surface area contributed by atoms with E-state index in [1.807, 2.05) is 30.0 Å². The fourth-order valence-corrected chi connectivity index (χ4v) is 3.14. The summed E-state index contributed by atoms with van der Waals surface area (Å²) >= 11 is 3.38. The van der Waals surface area contributed by atoms with Gasteiger partial charge < -0.3 is 5.32 Å². The predicted molar refractivity (Wildman–Crippen MR) is 79.2 cm³/mol. The third-order valence-electron chi connectivity index (χ3n) is 2.41. The molecular weight excluding hydrogens is 260 g/mol. The van der Waals surface area contributed by atoms with Crippen LogP contribution < -0.4 is 5.32 Å². The molecule has 0 saturated carbocycles. The van der Waals surface area contributed by atoms with Crippen molar-refractivity contribution in [2.75, 3.05) is 11.1 Å². The zero-order valence-electron chi connectivity index (χ0n) is 10.1. The fraction of sp³-hybridized carbons (Fsp3) is 0.214. The zero-order chi connectivity index (χ0) is 12.8. The number of anilines is 1. The van der Waals surface area contributed by atoms with Crippen LogP contribution in [0, 0.1) is 11.3 Å². The largest absolute Gasteiger partial charge is 0.379 e. The molecule has 92 valence electrons. The first-order chi connectivity index (χ1) is 8.83. The molecule has 0 aliphatic rings. The van der Waals surface area contributed by atoms with Crippen LogP contribution in [0.25, 0.3) is 0 Å². The Morgan fingerprint density at radius 2 is 2.11 bits per heavy atom. The second-order valence-corrected chi connectivity index (χ2v) is 6.13. The van der Waals surface area contributed by atoms with Gasteiger partial charge in [-0.2, -0.15) is 5.26 Å². The number of thiophene rings is 1. The third kappa shape index (κ3) is 3.28. The molecule has 2 rings (SSSR count). The van der Waals surface area contributed by atoms with Crippen LogP contribution in [0.3, 0.4) is 0 Å². The standard InChI is InChI=1S/C14H14N2S2/c1-2-17-14-6-4-3-5-13(14)16-10-12-8-7-11(9-15)18-12/h3-8,16H,2,10H2,1H3. The molecule has 0 saturated heterocycles. The van der Waals surface area contributed by atoms with Crippen molar-refractivity contribution in [2.45, 2.75) is 18.4 Å². The molecule has 2 aromatic rings. The van der Waals surface area contributed by atoms with Gasteiger partial charge in [0.15, 0.2) is 0 Å². The molecule has 0 spiro atoms. The van der Waals surface area contributed by atoms with Crippen LogP contribution in [-0.4, -0.2) is 5.75 Å². The minimum Gasteiger partial charge on any atom is -0.379 e. The quantitative estimate of drug-likeness (QED) is 0.824. The van der Waals surface area contributed by atoms with Crippen molar-refractivity contribution in [1.29, 1.82) is 5.26 Å². The molecular formula is C14H14N2S2. The summed E-state index contributed by atoms with van der Waals surface area (Å²) in [4.78, 5) is 3.22. The van der Waals surface area contributed by atoms with Crippen molar-refractivity contribution in [3.8, 4) is 6.07 Å². The summed E-state index contributed by atoms with van der Waals surface area (Å²) in [6.45, 7) is 2.92. The van der Waals surface area contributed by atoms with E-state index in [0.717, 1.165) is 22.9 Å². The van der Waals surface area contributed by atoms with Gasteiger partial charge in [0.05, 0.1) is 0 Å². The van der Waals surface area contributed by atoms with Gasteiger partial charge >= 0.3 is 0 Å². The molecule has 18 heavy (non-hydrogen) atoms. The molecule has 0 amide bonds. The SMILES string of the molecule is CCSc1ccccc1NCc1ccc(C#N)s1. The molecule has 0 atom stereocenters. The highest BCUT2D eigenvalue weighted by Crippen LogP contribution is 2.27. The predicted octanol–water partition coefficient (Wildman–Crippen LogP) is 4.34. The van der Waals surface area contributed by atoms with E-state index in [9.17, 15) is 0 Å². The molecule has 0 aliphatic heterocycles. The Hall–Kier alpha value is -1.44. The molecule has 0 bridgehead atoms. The smallest absolute Gasteiger partial charge is 0.110 e. The third-order valence-corrected chi connectivity index (χ3v) is 4.36. The van der Waals surface area contributed by atoms with Gasteiger partial charge in [-0.15, -0.1) is 23.1 Å². The molecule has 0 aliphatic carbocycles. The van der Waals surface area contributed by atoms with Gasteiger partial charge in [0.1, 0.15) is 10.9 Å². The summed E-state index contributed by atoms with van der Waals surface area (Å²) in [5.74, 6) is 1.07. The molecule has 0 fully saturated rings. The Bertz CT molecular complexity index is 555. The first-order valence-corrected chi connectivity index (χ1v) is 7.58. The molecule has 2 nitrogen and oxygen atoms in total. The van der Waals surface area contributed by atoms with Crippen molar-refractivity contribution >= 4 is 28.8 Å². The summed E-state index contributed by atoms with van der Waals surface area (Å²) in [7, 11) is 0. The minimum atomic E-state index is 0.767. The van der Waals surface area contributed by atoms with Crippen LogP contribution >= 0.6 is 23.1 Å². The van der Waals surface area contributed by atoms with Gasteiger partial charge in [-0.05, 0) is 30.0 Å². The van der Waals surface area contributed by atoms with Gasteiger partial charge in [-0.1, -0.05) is 19.1 Å². The maximum Gasteiger partial charge on any atom is 0.110 e. The molecule has 1 heterocycles. The Morgan fingerprint density at radius 1 is 1.28 bits per heavy atom. The zero-order valence-corrected chi connectivity index (χ0v) is 11.8. The number of para-hydroxylation sites is 1. The Morgan fingerprint density at radius 3 is 2.83 bits per heavy atom. The summed E-state index contributed by atoms with van der Waals surface area (Å²) in [6.07, 6.45) is 0. The highest BCUT2D eigenvalue weighted by molar-refractivity contribution is 7.99. The molecule has 0 radical (unpaired) electrons. The monoisotopic (exact) mass is 274 g/mol. The lowest BCUT2D eigenvalue weighted by atomic mass is 10.3. The average Bonchev–Trinajstić information content (AvgIpc) is 2.86. The van der Waals surface area contributed by atoms with Crippen LogP contribution in [-0.2, 0) is 6.54 Å². The highest BCUT2D eigenvalue weighted by atomic mass is 32.2. The number of rotatable bonds is 5. The number of thioether (sulfide) groups is 1. The van der Waals surface area contributed by atoms with E-state index in [4.69, 9.17) is 5.26 Å². The molecule has 0 unspecified atom stereocenters. The Balaban J connectivity index is 2.03. The average molecular weight is 274 g/mol. The van der Waals surface area contributed by atoms with E-state index < -0.39 is 0 Å². The van der Waals surface area contributed by atoms with Crippen molar-refractivity contribution in [3.63, 3.8) is 0 Å². The molecule has 4 heteroatoms. The van der Waals surface area contributed by atoms with E-state index in [0.29, 0.717) is 0 Å². The van der Waals surface area contributed by atoms with Crippen molar-refractivity contribution in [3.05, 3.63) is 46.2 Å². The second kappa shape index (κ2) is 6.48. The van der Waals surface area contributed by atoms with E-state index in [1.54, 1.807) is 11.3 Å². The first-order valence-electron chi connectivity index (χ1n) is 5.78. The van der Waals surface area contributed by atoms with Crippen LogP contribution in [0.5, 0.6) is 0 Å². The van der Waals surface area contributed by atoms with Gasteiger partial charge in [-0.3, -0.25) is 0 Å². The van der Waals surface area contributed by atoms with Gasteiger partial charge in [0.25, 0.3) is 0 Å².